The third-order valence-electron chi connectivity index (χ3n) is 4.37. The molecule has 33 heavy (non-hydrogen) atoms. The molecule has 1 heterocycles. The van der Waals surface area contributed by atoms with Gasteiger partial charge in [0.2, 0.25) is 5.91 Å². The highest BCUT2D eigenvalue weighted by atomic mass is 19.4. The van der Waals surface area contributed by atoms with Gasteiger partial charge in [-0.15, -0.1) is 0 Å². The molecular weight excluding hydrogens is 449 g/mol. The molecule has 0 aliphatic carbocycles. The van der Waals surface area contributed by atoms with Crippen molar-refractivity contribution < 1.29 is 37.5 Å². The Morgan fingerprint density at radius 2 is 1.91 bits per heavy atom. The van der Waals surface area contributed by atoms with Gasteiger partial charge < -0.3 is 15.2 Å². The van der Waals surface area contributed by atoms with Gasteiger partial charge in [0.05, 0.1) is 22.2 Å². The van der Waals surface area contributed by atoms with Crippen LogP contribution in [-0.2, 0) is 11.0 Å². The largest absolute Gasteiger partial charge is 0.476 e. The van der Waals surface area contributed by atoms with Crippen molar-refractivity contribution in [3.63, 3.8) is 0 Å². The molecule has 0 saturated heterocycles. The molecule has 0 aliphatic heterocycles. The maximum absolute atomic E-state index is 12.9. The Bertz CT molecular complexity index is 1220. The van der Waals surface area contributed by atoms with Gasteiger partial charge in [0.15, 0.2) is 5.69 Å². The lowest BCUT2D eigenvalue weighted by Gasteiger charge is -2.14. The number of amides is 1. The number of carboxylic acid groups (broad SMARTS) is 1. The predicted octanol–water partition coefficient (Wildman–Crippen LogP) is 4.50. The molecule has 1 unspecified atom stereocenters. The van der Waals surface area contributed by atoms with E-state index in [1.807, 2.05) is 0 Å². The zero-order valence-electron chi connectivity index (χ0n) is 16.7. The van der Waals surface area contributed by atoms with E-state index in [0.29, 0.717) is 0 Å². The standard InChI is InChI=1S/C20H15F3N4O6/c1-11(26-6-5-17(25-26)19(29)30)18(28)24-13-8-14(27(31)32)10-16(9-13)33-15-4-2-3-12(7-15)20(21,22)23/h2-11H,1H3,(H,24,28)(H,29,30). The van der Waals surface area contributed by atoms with Crippen LogP contribution < -0.4 is 10.1 Å². The Morgan fingerprint density at radius 1 is 1.18 bits per heavy atom. The first-order chi connectivity index (χ1) is 15.4. The summed E-state index contributed by atoms with van der Waals surface area (Å²) in [5.41, 5.74) is -1.78. The van der Waals surface area contributed by atoms with Crippen molar-refractivity contribution >= 4 is 23.3 Å². The van der Waals surface area contributed by atoms with Crippen molar-refractivity contribution in [3.8, 4) is 11.5 Å². The SMILES string of the molecule is CC(C(=O)Nc1cc(Oc2cccc(C(F)(F)F)c2)cc([N+](=O)[O-])c1)n1ccc(C(=O)O)n1. The third-order valence-corrected chi connectivity index (χ3v) is 4.37. The summed E-state index contributed by atoms with van der Waals surface area (Å²) in [5.74, 6) is -2.36. The van der Waals surface area contributed by atoms with Crippen LogP contribution in [0.25, 0.3) is 0 Å². The van der Waals surface area contributed by atoms with Crippen molar-refractivity contribution in [1.82, 2.24) is 9.78 Å². The minimum absolute atomic E-state index is 0.0614. The van der Waals surface area contributed by atoms with E-state index in [1.165, 1.54) is 31.3 Å². The Hall–Kier alpha value is -4.42. The molecule has 0 aliphatic rings. The maximum Gasteiger partial charge on any atom is 0.416 e. The summed E-state index contributed by atoms with van der Waals surface area (Å²) in [6, 6.07) is 7.38. The lowest BCUT2D eigenvalue weighted by Crippen LogP contribution is -2.24. The first-order valence-corrected chi connectivity index (χ1v) is 9.18. The number of rotatable bonds is 7. The summed E-state index contributed by atoms with van der Waals surface area (Å²) >= 11 is 0. The number of alkyl halides is 3. The number of halogens is 3. The molecule has 0 bridgehead atoms. The van der Waals surface area contributed by atoms with Gasteiger partial charge in [-0.1, -0.05) is 6.07 Å². The van der Waals surface area contributed by atoms with Crippen molar-refractivity contribution in [2.75, 3.05) is 5.32 Å². The van der Waals surface area contributed by atoms with E-state index in [-0.39, 0.29) is 22.9 Å². The van der Waals surface area contributed by atoms with Gasteiger partial charge in [-0.25, -0.2) is 4.79 Å². The molecule has 1 atom stereocenters. The molecule has 0 spiro atoms. The second kappa shape index (κ2) is 8.98. The second-order valence-corrected chi connectivity index (χ2v) is 6.75. The number of hydrogen-bond donors (Lipinski definition) is 2. The number of anilines is 1. The Balaban J connectivity index is 1.85. The smallest absolute Gasteiger partial charge is 0.416 e. The predicted molar refractivity (Wildman–Crippen MR) is 107 cm³/mol. The van der Waals surface area contributed by atoms with E-state index < -0.39 is 40.3 Å². The normalized spacial score (nSPS) is 12.1. The van der Waals surface area contributed by atoms with Crippen molar-refractivity contribution in [2.45, 2.75) is 19.1 Å². The number of benzene rings is 2. The summed E-state index contributed by atoms with van der Waals surface area (Å²) in [4.78, 5) is 34.0. The van der Waals surface area contributed by atoms with Crippen molar-refractivity contribution in [1.29, 1.82) is 0 Å². The number of nitro benzene ring substituents is 1. The van der Waals surface area contributed by atoms with Gasteiger partial charge in [0, 0.05) is 18.3 Å². The minimum Gasteiger partial charge on any atom is -0.476 e. The minimum atomic E-state index is -4.61. The van der Waals surface area contributed by atoms with Gasteiger partial charge in [-0.2, -0.15) is 18.3 Å². The Morgan fingerprint density at radius 3 is 2.52 bits per heavy atom. The molecule has 2 N–H and O–H groups in total. The van der Waals surface area contributed by atoms with Crippen LogP contribution in [0.1, 0.15) is 29.0 Å². The summed E-state index contributed by atoms with van der Waals surface area (Å²) in [7, 11) is 0. The van der Waals surface area contributed by atoms with E-state index in [4.69, 9.17) is 9.84 Å². The van der Waals surface area contributed by atoms with Crippen LogP contribution in [0.15, 0.2) is 54.7 Å². The summed E-state index contributed by atoms with van der Waals surface area (Å²) < 4.78 is 45.2. The highest BCUT2D eigenvalue weighted by Gasteiger charge is 2.30. The number of hydrogen-bond acceptors (Lipinski definition) is 6. The average Bonchev–Trinajstić information content (AvgIpc) is 3.23. The fourth-order valence-electron chi connectivity index (χ4n) is 2.73. The van der Waals surface area contributed by atoms with Crippen LogP contribution in [0.5, 0.6) is 11.5 Å². The molecule has 1 aromatic heterocycles. The second-order valence-electron chi connectivity index (χ2n) is 6.75. The number of nitro groups is 1. The van der Waals surface area contributed by atoms with E-state index in [9.17, 15) is 32.9 Å². The summed E-state index contributed by atoms with van der Waals surface area (Å²) in [5, 5.41) is 26.4. The maximum atomic E-state index is 12.9. The average molecular weight is 464 g/mol. The first kappa shape index (κ1) is 23.2. The first-order valence-electron chi connectivity index (χ1n) is 9.18. The Kier molecular flexibility index (Phi) is 6.33. The van der Waals surface area contributed by atoms with Gasteiger partial charge >= 0.3 is 12.1 Å². The molecule has 0 radical (unpaired) electrons. The topological polar surface area (TPSA) is 137 Å². The molecule has 13 heteroatoms. The lowest BCUT2D eigenvalue weighted by molar-refractivity contribution is -0.384. The number of nitrogens with zero attached hydrogens (tertiary/aromatic N) is 3. The summed E-state index contributed by atoms with van der Waals surface area (Å²) in [6.07, 6.45) is -3.33. The zero-order valence-corrected chi connectivity index (χ0v) is 16.7. The van der Waals surface area contributed by atoms with Gasteiger partial charge in [0.25, 0.3) is 5.69 Å². The Labute approximate surface area is 183 Å². The number of aromatic carboxylic acids is 1. The molecule has 0 fully saturated rings. The highest BCUT2D eigenvalue weighted by Crippen LogP contribution is 2.34. The van der Waals surface area contributed by atoms with E-state index in [1.54, 1.807) is 0 Å². The molecule has 3 aromatic rings. The lowest BCUT2D eigenvalue weighted by atomic mass is 10.2. The van der Waals surface area contributed by atoms with Crippen LogP contribution in [-0.4, -0.2) is 31.7 Å². The summed E-state index contributed by atoms with van der Waals surface area (Å²) in [6.45, 7) is 1.42. The molecule has 0 saturated carbocycles. The zero-order chi connectivity index (χ0) is 24.3. The van der Waals surface area contributed by atoms with E-state index in [0.717, 1.165) is 35.0 Å². The highest BCUT2D eigenvalue weighted by molar-refractivity contribution is 5.94. The monoisotopic (exact) mass is 464 g/mol. The number of nitrogens with one attached hydrogen (secondary N) is 1. The number of non-ortho nitro benzene ring substituents is 1. The molecule has 172 valence electrons. The van der Waals surface area contributed by atoms with Crippen LogP contribution >= 0.6 is 0 Å². The molecule has 10 nitrogen and oxygen atoms in total. The third kappa shape index (κ3) is 5.64. The van der Waals surface area contributed by atoms with Crippen LogP contribution in [0.2, 0.25) is 0 Å². The van der Waals surface area contributed by atoms with Gasteiger partial charge in [0.1, 0.15) is 17.5 Å². The van der Waals surface area contributed by atoms with E-state index >= 15 is 0 Å². The van der Waals surface area contributed by atoms with Crippen molar-refractivity contribution in [3.05, 3.63) is 76.1 Å². The van der Waals surface area contributed by atoms with Gasteiger partial charge in [-0.3, -0.25) is 19.6 Å². The molecule has 1 amide bonds. The van der Waals surface area contributed by atoms with Crippen LogP contribution in [0, 0.1) is 10.1 Å². The van der Waals surface area contributed by atoms with Crippen LogP contribution in [0.4, 0.5) is 24.5 Å². The fraction of sp³-hybridized carbons (Fsp3) is 0.150. The molecular formula is C20H15F3N4O6. The van der Waals surface area contributed by atoms with E-state index in [2.05, 4.69) is 10.4 Å². The fourth-order valence-corrected chi connectivity index (χ4v) is 2.73. The quantitative estimate of drug-likeness (QED) is 0.388. The van der Waals surface area contributed by atoms with Crippen LogP contribution in [0.3, 0.4) is 0 Å². The number of aromatic nitrogens is 2. The van der Waals surface area contributed by atoms with Crippen molar-refractivity contribution in [2.24, 2.45) is 0 Å². The number of carbonyl (C=O) groups is 2. The molecule has 2 aromatic carbocycles. The molecule has 3 rings (SSSR count). The number of carbonyl (C=O) groups excluding carboxylic acids is 1. The number of ether oxygens (including phenoxy) is 1. The van der Waals surface area contributed by atoms with Gasteiger partial charge in [-0.05, 0) is 31.2 Å². The number of carboxylic acids is 1.